The fraction of sp³-hybridized carbons (Fsp3) is 0.435. The molecule has 1 aromatic carbocycles. The van der Waals surface area contributed by atoms with Gasteiger partial charge in [0.05, 0.1) is 13.2 Å². The van der Waals surface area contributed by atoms with Gasteiger partial charge in [-0.15, -0.1) is 0 Å². The van der Waals surface area contributed by atoms with Crippen LogP contribution in [0.4, 0.5) is 0 Å². The molecule has 2 aromatic rings. The summed E-state index contributed by atoms with van der Waals surface area (Å²) in [6, 6.07) is 12.0. The highest BCUT2D eigenvalue weighted by Crippen LogP contribution is 2.32. The van der Waals surface area contributed by atoms with E-state index in [-0.39, 0.29) is 17.7 Å². The van der Waals surface area contributed by atoms with Crippen LogP contribution < -0.4 is 5.32 Å². The van der Waals surface area contributed by atoms with E-state index >= 15 is 0 Å². The van der Waals surface area contributed by atoms with Crippen LogP contribution in [0.25, 0.3) is 11.1 Å². The summed E-state index contributed by atoms with van der Waals surface area (Å²) in [5.74, 6) is 0.0942. The first kappa shape index (κ1) is 19.6. The van der Waals surface area contributed by atoms with E-state index in [0.717, 1.165) is 36.0 Å². The monoisotopic (exact) mass is 393 g/mol. The second-order valence-electron chi connectivity index (χ2n) is 7.93. The highest BCUT2D eigenvalue weighted by Gasteiger charge is 2.45. The molecule has 6 heteroatoms. The van der Waals surface area contributed by atoms with Crippen molar-refractivity contribution in [3.8, 4) is 11.1 Å². The molecule has 4 rings (SSSR count). The van der Waals surface area contributed by atoms with E-state index < -0.39 is 5.60 Å². The molecule has 1 aliphatic carbocycles. The minimum absolute atomic E-state index is 0.115. The maximum Gasteiger partial charge on any atom is 0.254 e. The average molecular weight is 393 g/mol. The number of nitrogens with zero attached hydrogens (tertiary/aromatic N) is 2. The Hall–Kier alpha value is -2.73. The number of pyridine rings is 1. The number of carbonyl (C=O) groups is 2. The zero-order valence-electron chi connectivity index (χ0n) is 16.8. The van der Waals surface area contributed by atoms with Gasteiger partial charge < -0.3 is 15.0 Å². The quantitative estimate of drug-likeness (QED) is 0.847. The summed E-state index contributed by atoms with van der Waals surface area (Å²) in [5, 5.41) is 2.75. The third kappa shape index (κ3) is 4.03. The van der Waals surface area contributed by atoms with Crippen LogP contribution in [0.1, 0.15) is 24.8 Å². The highest BCUT2D eigenvalue weighted by atomic mass is 16.5. The molecule has 1 aromatic heterocycles. The standard InChI is InChI=1S/C23H27N3O3/c1-24-22(28)23(16-26(11-12-29-23)21(27)18-6-3-7-18)14-17-5-2-8-19(13-17)20-9-4-10-25-15-20/h2,4-5,8-10,13,15,18H,3,6-7,11-12,14,16H2,1H3,(H,24,28). The van der Waals surface area contributed by atoms with Crippen LogP contribution in [0.3, 0.4) is 0 Å². The van der Waals surface area contributed by atoms with Crippen molar-refractivity contribution in [2.24, 2.45) is 5.92 Å². The maximum atomic E-state index is 12.9. The van der Waals surface area contributed by atoms with Gasteiger partial charge in [-0.05, 0) is 35.6 Å². The minimum atomic E-state index is -1.07. The molecule has 1 saturated heterocycles. The van der Waals surface area contributed by atoms with Gasteiger partial charge in [0.2, 0.25) is 5.91 Å². The molecule has 29 heavy (non-hydrogen) atoms. The lowest BCUT2D eigenvalue weighted by molar-refractivity contribution is -0.168. The molecule has 1 saturated carbocycles. The molecule has 2 fully saturated rings. The Morgan fingerprint density at radius 2 is 2.07 bits per heavy atom. The molecular formula is C23H27N3O3. The number of aromatic nitrogens is 1. The molecule has 152 valence electrons. The summed E-state index contributed by atoms with van der Waals surface area (Å²) in [7, 11) is 1.62. The SMILES string of the molecule is CNC(=O)C1(Cc2cccc(-c3cccnc3)c2)CN(C(=O)C2CCC2)CCO1. The van der Waals surface area contributed by atoms with Crippen LogP contribution in [-0.2, 0) is 20.7 Å². The number of hydrogen-bond donors (Lipinski definition) is 1. The van der Waals surface area contributed by atoms with Crippen LogP contribution in [0.5, 0.6) is 0 Å². The lowest BCUT2D eigenvalue weighted by Gasteiger charge is -2.43. The number of ether oxygens (including phenoxy) is 1. The number of hydrogen-bond acceptors (Lipinski definition) is 4. The summed E-state index contributed by atoms with van der Waals surface area (Å²) in [6.07, 6.45) is 7.01. The van der Waals surface area contributed by atoms with Crippen molar-refractivity contribution in [1.29, 1.82) is 0 Å². The lowest BCUT2D eigenvalue weighted by Crippen LogP contribution is -2.62. The summed E-state index contributed by atoms with van der Waals surface area (Å²) < 4.78 is 6.06. The fourth-order valence-corrected chi connectivity index (χ4v) is 4.16. The molecule has 0 spiro atoms. The van der Waals surface area contributed by atoms with Crippen LogP contribution in [-0.4, -0.2) is 54.0 Å². The second-order valence-corrected chi connectivity index (χ2v) is 7.93. The molecule has 2 aliphatic rings. The lowest BCUT2D eigenvalue weighted by atomic mass is 9.83. The fourth-order valence-electron chi connectivity index (χ4n) is 4.16. The normalized spacial score (nSPS) is 22.0. The van der Waals surface area contributed by atoms with Gasteiger partial charge in [0, 0.05) is 38.3 Å². The molecular weight excluding hydrogens is 366 g/mol. The number of amides is 2. The number of benzene rings is 1. The van der Waals surface area contributed by atoms with Crippen molar-refractivity contribution in [1.82, 2.24) is 15.2 Å². The molecule has 2 amide bonds. The van der Waals surface area contributed by atoms with Gasteiger partial charge >= 0.3 is 0 Å². The van der Waals surface area contributed by atoms with Crippen molar-refractivity contribution >= 4 is 11.8 Å². The Morgan fingerprint density at radius 3 is 2.76 bits per heavy atom. The highest BCUT2D eigenvalue weighted by molar-refractivity contribution is 5.87. The van der Waals surface area contributed by atoms with Crippen molar-refractivity contribution in [3.63, 3.8) is 0 Å². The first-order chi connectivity index (χ1) is 14.1. The number of rotatable bonds is 5. The molecule has 1 N–H and O–H groups in total. The largest absolute Gasteiger partial charge is 0.361 e. The van der Waals surface area contributed by atoms with E-state index in [2.05, 4.69) is 16.4 Å². The smallest absolute Gasteiger partial charge is 0.254 e. The van der Waals surface area contributed by atoms with Gasteiger partial charge in [0.15, 0.2) is 5.60 Å². The van der Waals surface area contributed by atoms with Crippen molar-refractivity contribution in [3.05, 3.63) is 54.4 Å². The van der Waals surface area contributed by atoms with E-state index in [1.165, 1.54) is 0 Å². The van der Waals surface area contributed by atoms with E-state index in [9.17, 15) is 9.59 Å². The van der Waals surface area contributed by atoms with Gasteiger partial charge in [-0.2, -0.15) is 0 Å². The Labute approximate surface area is 171 Å². The molecule has 1 aliphatic heterocycles. The van der Waals surface area contributed by atoms with E-state index in [1.54, 1.807) is 13.2 Å². The van der Waals surface area contributed by atoms with Crippen LogP contribution in [0, 0.1) is 5.92 Å². The van der Waals surface area contributed by atoms with Crippen LogP contribution in [0.2, 0.25) is 0 Å². The third-order valence-corrected chi connectivity index (χ3v) is 6.00. The summed E-state index contributed by atoms with van der Waals surface area (Å²) in [4.78, 5) is 31.7. The number of likely N-dealkylation sites (N-methyl/N-ethyl adjacent to an activating group) is 1. The summed E-state index contributed by atoms with van der Waals surface area (Å²) in [6.45, 7) is 1.21. The van der Waals surface area contributed by atoms with E-state index in [4.69, 9.17) is 4.74 Å². The molecule has 2 heterocycles. The van der Waals surface area contributed by atoms with Gasteiger partial charge in [-0.1, -0.05) is 36.8 Å². The van der Waals surface area contributed by atoms with Gasteiger partial charge in [-0.3, -0.25) is 14.6 Å². The van der Waals surface area contributed by atoms with Crippen LogP contribution >= 0.6 is 0 Å². The maximum absolute atomic E-state index is 12.9. The minimum Gasteiger partial charge on any atom is -0.361 e. The predicted molar refractivity (Wildman–Crippen MR) is 110 cm³/mol. The Morgan fingerprint density at radius 1 is 1.24 bits per heavy atom. The van der Waals surface area contributed by atoms with Gasteiger partial charge in [-0.25, -0.2) is 0 Å². The average Bonchev–Trinajstić information content (AvgIpc) is 2.73. The topological polar surface area (TPSA) is 71.5 Å². The summed E-state index contributed by atoms with van der Waals surface area (Å²) in [5.41, 5.74) is 1.99. The first-order valence-corrected chi connectivity index (χ1v) is 10.3. The predicted octanol–water partition coefficient (Wildman–Crippen LogP) is 2.43. The number of nitrogens with one attached hydrogen (secondary N) is 1. The Balaban J connectivity index is 1.59. The van der Waals surface area contributed by atoms with Crippen molar-refractivity contribution in [2.45, 2.75) is 31.3 Å². The number of morpholine rings is 1. The third-order valence-electron chi connectivity index (χ3n) is 6.00. The zero-order valence-corrected chi connectivity index (χ0v) is 16.8. The Bertz CT molecular complexity index is 882. The van der Waals surface area contributed by atoms with Crippen molar-refractivity contribution in [2.75, 3.05) is 26.7 Å². The zero-order chi connectivity index (χ0) is 20.3. The molecule has 0 bridgehead atoms. The Kier molecular flexibility index (Phi) is 5.62. The van der Waals surface area contributed by atoms with Crippen LogP contribution in [0.15, 0.2) is 48.8 Å². The van der Waals surface area contributed by atoms with Crippen molar-refractivity contribution < 1.29 is 14.3 Å². The molecule has 0 radical (unpaired) electrons. The second kappa shape index (κ2) is 8.33. The molecule has 1 unspecified atom stereocenters. The number of carbonyl (C=O) groups excluding carboxylic acids is 2. The first-order valence-electron chi connectivity index (χ1n) is 10.3. The summed E-state index contributed by atoms with van der Waals surface area (Å²) >= 11 is 0. The van der Waals surface area contributed by atoms with Gasteiger partial charge in [0.1, 0.15) is 0 Å². The van der Waals surface area contributed by atoms with E-state index in [1.807, 2.05) is 41.4 Å². The molecule has 6 nitrogen and oxygen atoms in total. The van der Waals surface area contributed by atoms with E-state index in [0.29, 0.717) is 26.1 Å². The molecule has 1 atom stereocenters. The van der Waals surface area contributed by atoms with Gasteiger partial charge in [0.25, 0.3) is 5.91 Å².